The molecule has 102 valence electrons. The summed E-state index contributed by atoms with van der Waals surface area (Å²) in [6, 6.07) is 9.64. The summed E-state index contributed by atoms with van der Waals surface area (Å²) in [7, 11) is 2.15. The molecule has 1 aliphatic heterocycles. The molecule has 0 bridgehead atoms. The first-order valence-electron chi connectivity index (χ1n) is 7.02. The van der Waals surface area contributed by atoms with E-state index in [-0.39, 0.29) is 5.75 Å². The molecular weight excluding hydrogens is 250 g/mol. The number of hydrogen-bond donors (Lipinski definition) is 2. The van der Waals surface area contributed by atoms with Crippen LogP contribution < -0.4 is 0 Å². The summed E-state index contributed by atoms with van der Waals surface area (Å²) in [5, 5.41) is 20.1. The minimum Gasteiger partial charge on any atom is -0.508 e. The number of likely N-dealkylation sites (N-methyl/N-ethyl adjacent to an activating group) is 1. The van der Waals surface area contributed by atoms with Crippen molar-refractivity contribution in [1.82, 2.24) is 4.90 Å². The molecule has 2 N–H and O–H groups in total. The van der Waals surface area contributed by atoms with Crippen LogP contribution in [0.15, 0.2) is 30.3 Å². The maximum Gasteiger partial charge on any atom is 0.123 e. The first kappa shape index (κ1) is 11.8. The highest BCUT2D eigenvalue weighted by Crippen LogP contribution is 2.48. The van der Waals surface area contributed by atoms with Gasteiger partial charge in [-0.15, -0.1) is 0 Å². The zero-order valence-electron chi connectivity index (χ0n) is 11.4. The lowest BCUT2D eigenvalue weighted by atomic mass is 9.77. The lowest BCUT2D eigenvalue weighted by Crippen LogP contribution is -2.35. The minimum absolute atomic E-state index is 0.253. The van der Waals surface area contributed by atoms with Crippen LogP contribution >= 0.6 is 0 Å². The summed E-state index contributed by atoms with van der Waals surface area (Å²) < 4.78 is 0. The fourth-order valence-electron chi connectivity index (χ4n) is 3.65. The van der Waals surface area contributed by atoms with Gasteiger partial charge in [-0.05, 0) is 60.3 Å². The number of hydrogen-bond acceptors (Lipinski definition) is 3. The third kappa shape index (κ3) is 1.50. The molecule has 1 heterocycles. The number of nitrogens with zero attached hydrogens (tertiary/aromatic N) is 1. The van der Waals surface area contributed by atoms with Gasteiger partial charge in [0, 0.05) is 18.2 Å². The highest BCUT2D eigenvalue weighted by molar-refractivity contribution is 5.81. The van der Waals surface area contributed by atoms with Crippen molar-refractivity contribution in [2.24, 2.45) is 0 Å². The molecule has 1 atom stereocenters. The smallest absolute Gasteiger partial charge is 0.123 e. The van der Waals surface area contributed by atoms with Crippen LogP contribution in [0.1, 0.15) is 22.7 Å². The third-order valence-corrected chi connectivity index (χ3v) is 4.69. The van der Waals surface area contributed by atoms with E-state index in [1.165, 1.54) is 16.7 Å². The molecule has 3 nitrogen and oxygen atoms in total. The number of phenolic OH excluding ortho intramolecular Hbond substituents is 2. The van der Waals surface area contributed by atoms with Crippen molar-refractivity contribution in [3.05, 3.63) is 47.0 Å². The number of phenols is 2. The number of benzene rings is 2. The number of fused-ring (bicyclic) bond motifs is 2. The predicted molar refractivity (Wildman–Crippen MR) is 78.0 cm³/mol. The second kappa shape index (κ2) is 4.00. The van der Waals surface area contributed by atoms with E-state index in [9.17, 15) is 10.2 Å². The average molecular weight is 267 g/mol. The van der Waals surface area contributed by atoms with Crippen LogP contribution in [-0.4, -0.2) is 28.7 Å². The highest BCUT2D eigenvalue weighted by atomic mass is 16.3. The molecule has 3 heteroatoms. The Hall–Kier alpha value is -2.00. The number of rotatable bonds is 0. The van der Waals surface area contributed by atoms with E-state index in [1.807, 2.05) is 12.1 Å². The van der Waals surface area contributed by atoms with Gasteiger partial charge in [0.15, 0.2) is 0 Å². The van der Waals surface area contributed by atoms with Crippen molar-refractivity contribution in [2.45, 2.75) is 18.9 Å². The van der Waals surface area contributed by atoms with Crippen molar-refractivity contribution in [1.29, 1.82) is 0 Å². The molecule has 2 aromatic carbocycles. The quantitative estimate of drug-likeness (QED) is 0.771. The van der Waals surface area contributed by atoms with Crippen LogP contribution in [-0.2, 0) is 12.8 Å². The molecule has 2 aliphatic rings. The summed E-state index contributed by atoms with van der Waals surface area (Å²) in [6.45, 7) is 1.05. The zero-order valence-corrected chi connectivity index (χ0v) is 11.4. The Morgan fingerprint density at radius 3 is 2.75 bits per heavy atom. The molecule has 0 unspecified atom stereocenters. The average Bonchev–Trinajstić information content (AvgIpc) is 2.44. The largest absolute Gasteiger partial charge is 0.508 e. The van der Waals surface area contributed by atoms with Gasteiger partial charge in [0.1, 0.15) is 11.5 Å². The van der Waals surface area contributed by atoms with Gasteiger partial charge < -0.3 is 10.2 Å². The van der Waals surface area contributed by atoms with E-state index in [2.05, 4.69) is 11.9 Å². The standard InChI is InChI=1S/C17H17NO2/c1-18-7-6-10-3-5-15(20)17-13-9-12(19)4-2-11(13)8-14(18)16(10)17/h2-5,9,14,19-20H,6-8H2,1H3/t14-/m0/s1. The molecule has 0 spiro atoms. The predicted octanol–water partition coefficient (Wildman–Crippen LogP) is 2.85. The van der Waals surface area contributed by atoms with E-state index in [0.29, 0.717) is 11.8 Å². The van der Waals surface area contributed by atoms with Crippen LogP contribution in [0, 0.1) is 0 Å². The Kier molecular flexibility index (Phi) is 2.36. The normalized spacial score (nSPS) is 20.4. The van der Waals surface area contributed by atoms with Crippen LogP contribution in [0.2, 0.25) is 0 Å². The monoisotopic (exact) mass is 267 g/mol. The second-order valence-electron chi connectivity index (χ2n) is 5.82. The van der Waals surface area contributed by atoms with Gasteiger partial charge in [0.05, 0.1) is 0 Å². The van der Waals surface area contributed by atoms with E-state index in [0.717, 1.165) is 30.5 Å². The third-order valence-electron chi connectivity index (χ3n) is 4.69. The fourth-order valence-corrected chi connectivity index (χ4v) is 3.65. The van der Waals surface area contributed by atoms with Crippen molar-refractivity contribution >= 4 is 0 Å². The molecule has 4 rings (SSSR count). The Morgan fingerprint density at radius 2 is 1.90 bits per heavy atom. The van der Waals surface area contributed by atoms with Gasteiger partial charge in [-0.1, -0.05) is 12.1 Å². The van der Waals surface area contributed by atoms with Crippen molar-refractivity contribution in [2.75, 3.05) is 13.6 Å². The Balaban J connectivity index is 2.06. The van der Waals surface area contributed by atoms with Gasteiger partial charge in [0.25, 0.3) is 0 Å². The topological polar surface area (TPSA) is 43.7 Å². The summed E-state index contributed by atoms with van der Waals surface area (Å²) in [6.07, 6.45) is 1.96. The number of aromatic hydroxyl groups is 2. The Bertz CT molecular complexity index is 708. The van der Waals surface area contributed by atoms with Gasteiger partial charge >= 0.3 is 0 Å². The van der Waals surface area contributed by atoms with E-state index >= 15 is 0 Å². The van der Waals surface area contributed by atoms with Gasteiger partial charge in [-0.2, -0.15) is 0 Å². The Morgan fingerprint density at radius 1 is 1.10 bits per heavy atom. The van der Waals surface area contributed by atoms with Crippen LogP contribution in [0.3, 0.4) is 0 Å². The van der Waals surface area contributed by atoms with Gasteiger partial charge in [-0.3, -0.25) is 4.90 Å². The van der Waals surface area contributed by atoms with Gasteiger partial charge in [-0.25, -0.2) is 0 Å². The second-order valence-corrected chi connectivity index (χ2v) is 5.82. The lowest BCUT2D eigenvalue weighted by Gasteiger charge is -2.39. The van der Waals surface area contributed by atoms with Crippen LogP contribution in [0.5, 0.6) is 11.5 Å². The van der Waals surface area contributed by atoms with E-state index in [4.69, 9.17) is 0 Å². The van der Waals surface area contributed by atoms with Crippen LogP contribution in [0.25, 0.3) is 11.1 Å². The van der Waals surface area contributed by atoms with Gasteiger partial charge in [0.2, 0.25) is 0 Å². The van der Waals surface area contributed by atoms with Crippen molar-refractivity contribution in [3.8, 4) is 22.6 Å². The minimum atomic E-state index is 0.253. The molecule has 0 fully saturated rings. The zero-order chi connectivity index (χ0) is 13.9. The maximum atomic E-state index is 10.3. The van der Waals surface area contributed by atoms with Crippen LogP contribution in [0.4, 0.5) is 0 Å². The molecular formula is C17H17NO2. The molecule has 0 saturated heterocycles. The molecule has 1 aliphatic carbocycles. The molecule has 0 radical (unpaired) electrons. The molecule has 20 heavy (non-hydrogen) atoms. The first-order chi connectivity index (χ1) is 9.65. The summed E-state index contributed by atoms with van der Waals surface area (Å²) in [5.74, 6) is 0.568. The molecule has 0 aromatic heterocycles. The molecule has 0 amide bonds. The summed E-state index contributed by atoms with van der Waals surface area (Å²) in [4.78, 5) is 2.36. The molecule has 2 aromatic rings. The van der Waals surface area contributed by atoms with E-state index in [1.54, 1.807) is 18.2 Å². The van der Waals surface area contributed by atoms with Crippen molar-refractivity contribution in [3.63, 3.8) is 0 Å². The first-order valence-corrected chi connectivity index (χ1v) is 7.02. The highest BCUT2D eigenvalue weighted by Gasteiger charge is 2.34. The molecule has 0 saturated carbocycles. The SMILES string of the molecule is CN1CCc2ccc(O)c3c2[C@@H]1Cc1ccc(O)cc1-3. The summed E-state index contributed by atoms with van der Waals surface area (Å²) >= 11 is 0. The fraction of sp³-hybridized carbons (Fsp3) is 0.294. The van der Waals surface area contributed by atoms with Crippen molar-refractivity contribution < 1.29 is 10.2 Å². The van der Waals surface area contributed by atoms with E-state index < -0.39 is 0 Å². The Labute approximate surface area is 118 Å². The maximum absolute atomic E-state index is 10.3. The summed E-state index contributed by atoms with van der Waals surface area (Å²) in [5.41, 5.74) is 5.66. The lowest BCUT2D eigenvalue weighted by molar-refractivity contribution is 0.227.